The van der Waals surface area contributed by atoms with Gasteiger partial charge in [0.2, 0.25) is 0 Å². The molecule has 0 amide bonds. The van der Waals surface area contributed by atoms with Crippen LogP contribution >= 0.6 is 0 Å². The smallest absolute Gasteiger partial charge is 0.160 e. The molecule has 7 heteroatoms. The zero-order chi connectivity index (χ0) is 15.6. The average Bonchev–Trinajstić information content (AvgIpc) is 3.06. The Balaban J connectivity index is 1.51. The van der Waals surface area contributed by atoms with Crippen LogP contribution in [0.15, 0.2) is 36.8 Å². The topological polar surface area (TPSA) is 73.0 Å². The molecule has 1 fully saturated rings. The molecule has 7 nitrogen and oxygen atoms in total. The van der Waals surface area contributed by atoms with E-state index in [1.165, 1.54) is 12.0 Å². The van der Waals surface area contributed by atoms with E-state index in [4.69, 9.17) is 0 Å². The number of hydrogen-bond acceptors (Lipinski definition) is 6. The fourth-order valence-corrected chi connectivity index (χ4v) is 2.82. The van der Waals surface area contributed by atoms with E-state index in [0.29, 0.717) is 0 Å². The van der Waals surface area contributed by atoms with E-state index in [1.807, 2.05) is 0 Å². The molecular weight excluding hydrogens is 290 g/mol. The van der Waals surface area contributed by atoms with Crippen molar-refractivity contribution in [3.63, 3.8) is 0 Å². The summed E-state index contributed by atoms with van der Waals surface area (Å²) in [5, 5.41) is 11.1. The van der Waals surface area contributed by atoms with Crippen molar-refractivity contribution in [2.24, 2.45) is 0 Å². The van der Waals surface area contributed by atoms with Gasteiger partial charge in [-0.15, -0.1) is 0 Å². The number of aromatic nitrogens is 4. The Bertz CT molecular complexity index is 788. The maximum atomic E-state index is 4.30. The standard InChI is InChI=1S/C16H19N7/c1-22-6-8-23(9-7-22)13-4-2-12(3-5-13)20-15-14-10-19-21-16(14)18-11-17-15/h2-5,10-11H,6-9H2,1H3,(H2,17,18,19,20,21). The number of benzene rings is 1. The van der Waals surface area contributed by atoms with Gasteiger partial charge in [0.15, 0.2) is 5.65 Å². The number of piperazine rings is 1. The van der Waals surface area contributed by atoms with Gasteiger partial charge in [-0.3, -0.25) is 5.10 Å². The summed E-state index contributed by atoms with van der Waals surface area (Å²) in [6.07, 6.45) is 3.26. The molecule has 3 aromatic rings. The number of anilines is 3. The molecule has 4 rings (SSSR count). The average molecular weight is 309 g/mol. The van der Waals surface area contributed by atoms with Crippen LogP contribution in [0.3, 0.4) is 0 Å². The zero-order valence-corrected chi connectivity index (χ0v) is 13.0. The molecule has 1 aliphatic rings. The Labute approximate surface area is 134 Å². The van der Waals surface area contributed by atoms with Crippen LogP contribution in [-0.4, -0.2) is 58.3 Å². The number of nitrogens with zero attached hydrogens (tertiary/aromatic N) is 5. The number of rotatable bonds is 3. The summed E-state index contributed by atoms with van der Waals surface area (Å²) in [7, 11) is 2.17. The van der Waals surface area contributed by atoms with Gasteiger partial charge in [-0.1, -0.05) is 0 Å². The van der Waals surface area contributed by atoms with Gasteiger partial charge in [-0.2, -0.15) is 5.10 Å². The van der Waals surface area contributed by atoms with Crippen molar-refractivity contribution < 1.29 is 0 Å². The molecule has 0 unspecified atom stereocenters. The normalized spacial score (nSPS) is 16.0. The fraction of sp³-hybridized carbons (Fsp3) is 0.312. The van der Waals surface area contributed by atoms with Gasteiger partial charge in [-0.25, -0.2) is 9.97 Å². The molecule has 1 aliphatic heterocycles. The van der Waals surface area contributed by atoms with Crippen LogP contribution < -0.4 is 10.2 Å². The molecule has 23 heavy (non-hydrogen) atoms. The van der Waals surface area contributed by atoms with Gasteiger partial charge in [-0.05, 0) is 31.3 Å². The Hall–Kier alpha value is -2.67. The quantitative estimate of drug-likeness (QED) is 0.769. The second-order valence-electron chi connectivity index (χ2n) is 5.82. The number of H-pyrrole nitrogens is 1. The first-order valence-electron chi connectivity index (χ1n) is 7.74. The summed E-state index contributed by atoms with van der Waals surface area (Å²) < 4.78 is 0. The number of aromatic amines is 1. The summed E-state index contributed by atoms with van der Waals surface area (Å²) in [6.45, 7) is 4.37. The Morgan fingerprint density at radius 3 is 2.61 bits per heavy atom. The second-order valence-corrected chi connectivity index (χ2v) is 5.82. The summed E-state index contributed by atoms with van der Waals surface area (Å²) in [5.41, 5.74) is 3.00. The van der Waals surface area contributed by atoms with Gasteiger partial charge in [0.25, 0.3) is 0 Å². The number of hydrogen-bond donors (Lipinski definition) is 2. The first-order chi connectivity index (χ1) is 11.3. The minimum absolute atomic E-state index is 0.733. The molecule has 0 atom stereocenters. The van der Waals surface area contributed by atoms with Crippen LogP contribution in [0.5, 0.6) is 0 Å². The van der Waals surface area contributed by atoms with Gasteiger partial charge in [0.1, 0.15) is 12.1 Å². The predicted octanol–water partition coefficient (Wildman–Crippen LogP) is 1.85. The van der Waals surface area contributed by atoms with Crippen LogP contribution in [0.4, 0.5) is 17.2 Å². The molecule has 1 aromatic carbocycles. The minimum atomic E-state index is 0.733. The highest BCUT2D eigenvalue weighted by molar-refractivity contribution is 5.87. The van der Waals surface area contributed by atoms with E-state index in [2.05, 4.69) is 66.6 Å². The van der Waals surface area contributed by atoms with Gasteiger partial charge in [0, 0.05) is 37.6 Å². The van der Waals surface area contributed by atoms with Crippen molar-refractivity contribution >= 4 is 28.2 Å². The van der Waals surface area contributed by atoms with E-state index in [9.17, 15) is 0 Å². The molecule has 0 spiro atoms. The van der Waals surface area contributed by atoms with Crippen molar-refractivity contribution in [3.05, 3.63) is 36.8 Å². The highest BCUT2D eigenvalue weighted by Crippen LogP contribution is 2.24. The third kappa shape index (κ3) is 2.83. The van der Waals surface area contributed by atoms with Gasteiger partial charge >= 0.3 is 0 Å². The number of likely N-dealkylation sites (N-methyl/N-ethyl adjacent to an activating group) is 1. The maximum absolute atomic E-state index is 4.30. The van der Waals surface area contributed by atoms with Gasteiger partial charge < -0.3 is 15.1 Å². The Morgan fingerprint density at radius 1 is 1.04 bits per heavy atom. The van der Waals surface area contributed by atoms with E-state index in [-0.39, 0.29) is 0 Å². The lowest BCUT2D eigenvalue weighted by molar-refractivity contribution is 0.313. The van der Waals surface area contributed by atoms with Crippen LogP contribution in [-0.2, 0) is 0 Å². The van der Waals surface area contributed by atoms with E-state index in [1.54, 1.807) is 6.20 Å². The van der Waals surface area contributed by atoms with Crippen molar-refractivity contribution in [2.75, 3.05) is 43.4 Å². The second kappa shape index (κ2) is 5.85. The first-order valence-corrected chi connectivity index (χ1v) is 7.74. The fourth-order valence-electron chi connectivity index (χ4n) is 2.82. The summed E-state index contributed by atoms with van der Waals surface area (Å²) in [4.78, 5) is 13.2. The van der Waals surface area contributed by atoms with E-state index >= 15 is 0 Å². The molecule has 0 saturated carbocycles. The SMILES string of the molecule is CN1CCN(c2ccc(Nc3ncnc4[nH]ncc34)cc2)CC1. The minimum Gasteiger partial charge on any atom is -0.369 e. The van der Waals surface area contributed by atoms with Gasteiger partial charge in [0.05, 0.1) is 11.6 Å². The van der Waals surface area contributed by atoms with Crippen molar-refractivity contribution in [2.45, 2.75) is 0 Å². The molecule has 118 valence electrons. The third-order valence-corrected chi connectivity index (χ3v) is 4.25. The summed E-state index contributed by atoms with van der Waals surface area (Å²) in [6, 6.07) is 8.48. The van der Waals surface area contributed by atoms with Crippen LogP contribution in [0.2, 0.25) is 0 Å². The number of nitrogens with one attached hydrogen (secondary N) is 2. The molecule has 0 aliphatic carbocycles. The Kier molecular flexibility index (Phi) is 3.55. The molecule has 0 radical (unpaired) electrons. The summed E-state index contributed by atoms with van der Waals surface area (Å²) in [5.74, 6) is 0.760. The monoisotopic (exact) mass is 309 g/mol. The Morgan fingerprint density at radius 2 is 1.83 bits per heavy atom. The highest BCUT2D eigenvalue weighted by Gasteiger charge is 2.14. The van der Waals surface area contributed by atoms with Crippen molar-refractivity contribution in [1.82, 2.24) is 25.1 Å². The molecule has 0 bridgehead atoms. The molecule has 2 N–H and O–H groups in total. The van der Waals surface area contributed by atoms with Crippen LogP contribution in [0, 0.1) is 0 Å². The lowest BCUT2D eigenvalue weighted by atomic mass is 10.2. The van der Waals surface area contributed by atoms with E-state index < -0.39 is 0 Å². The summed E-state index contributed by atoms with van der Waals surface area (Å²) >= 11 is 0. The molecule has 2 aromatic heterocycles. The van der Waals surface area contributed by atoms with Crippen molar-refractivity contribution in [3.8, 4) is 0 Å². The lowest BCUT2D eigenvalue weighted by Crippen LogP contribution is -2.44. The van der Waals surface area contributed by atoms with E-state index in [0.717, 1.165) is 48.7 Å². The largest absolute Gasteiger partial charge is 0.369 e. The van der Waals surface area contributed by atoms with Crippen LogP contribution in [0.1, 0.15) is 0 Å². The molecule has 3 heterocycles. The maximum Gasteiger partial charge on any atom is 0.160 e. The highest BCUT2D eigenvalue weighted by atomic mass is 15.2. The third-order valence-electron chi connectivity index (χ3n) is 4.25. The molecular formula is C16H19N7. The lowest BCUT2D eigenvalue weighted by Gasteiger charge is -2.34. The first kappa shape index (κ1) is 14.0. The zero-order valence-electron chi connectivity index (χ0n) is 13.0. The van der Waals surface area contributed by atoms with Crippen molar-refractivity contribution in [1.29, 1.82) is 0 Å². The predicted molar refractivity (Wildman–Crippen MR) is 91.1 cm³/mol. The van der Waals surface area contributed by atoms with Crippen LogP contribution in [0.25, 0.3) is 11.0 Å². The number of fused-ring (bicyclic) bond motifs is 1. The molecule has 1 saturated heterocycles.